The highest BCUT2D eigenvalue weighted by Crippen LogP contribution is 2.23. The van der Waals surface area contributed by atoms with E-state index >= 15 is 0 Å². The van der Waals surface area contributed by atoms with E-state index in [2.05, 4.69) is 11.4 Å². The van der Waals surface area contributed by atoms with Crippen LogP contribution < -0.4 is 5.32 Å². The van der Waals surface area contributed by atoms with E-state index in [1.54, 1.807) is 18.3 Å². The number of amides is 1. The maximum atomic E-state index is 11.5. The first kappa shape index (κ1) is 15.9. The van der Waals surface area contributed by atoms with Crippen molar-refractivity contribution in [2.45, 2.75) is 26.9 Å². The molecular weight excluding hydrogens is 304 g/mol. The fraction of sp³-hybridized carbons (Fsp3) is 0.312. The number of carbonyl (C=O) groups excluding carboxylic acids is 1. The fourth-order valence-electron chi connectivity index (χ4n) is 2.08. The number of hydrogen-bond acceptors (Lipinski definition) is 3. The molecule has 0 unspecified atom stereocenters. The average molecular weight is 323 g/mol. The van der Waals surface area contributed by atoms with Crippen molar-refractivity contribution < 1.29 is 4.79 Å². The second kappa shape index (κ2) is 7.48. The van der Waals surface area contributed by atoms with Crippen LogP contribution in [0.1, 0.15) is 24.3 Å². The van der Waals surface area contributed by atoms with Gasteiger partial charge in [-0.3, -0.25) is 4.79 Å². The summed E-state index contributed by atoms with van der Waals surface area (Å²) in [5.74, 6) is 0.0984. The molecule has 1 N–H and O–H groups in total. The Morgan fingerprint density at radius 2 is 2.19 bits per heavy atom. The van der Waals surface area contributed by atoms with Crippen molar-refractivity contribution in [3.8, 4) is 0 Å². The highest BCUT2D eigenvalue weighted by atomic mass is 35.5. The first-order valence-corrected chi connectivity index (χ1v) is 8.16. The molecule has 0 aliphatic heterocycles. The van der Waals surface area contributed by atoms with Gasteiger partial charge in [-0.05, 0) is 36.1 Å². The van der Waals surface area contributed by atoms with Crippen molar-refractivity contribution >= 4 is 34.5 Å². The summed E-state index contributed by atoms with van der Waals surface area (Å²) in [5, 5.41) is 6.16. The molecule has 1 amide bonds. The molecule has 21 heavy (non-hydrogen) atoms. The minimum Gasteiger partial charge on any atom is -0.380 e. The van der Waals surface area contributed by atoms with Gasteiger partial charge in [-0.25, -0.2) is 0 Å². The van der Waals surface area contributed by atoms with Crippen LogP contribution in [0.3, 0.4) is 0 Å². The molecule has 0 spiro atoms. The zero-order valence-electron chi connectivity index (χ0n) is 12.2. The standard InChI is InChI=1S/C16H19ClN2OS/c1-3-19(12(2)20)11-13-5-4-6-14(9-13)18-10-16-15(17)7-8-21-16/h4-9,18H,3,10-11H2,1-2H3. The maximum Gasteiger partial charge on any atom is 0.219 e. The molecule has 0 saturated carbocycles. The average Bonchev–Trinajstić information content (AvgIpc) is 2.88. The van der Waals surface area contributed by atoms with E-state index < -0.39 is 0 Å². The van der Waals surface area contributed by atoms with Crippen LogP contribution in [-0.2, 0) is 17.9 Å². The molecule has 1 aromatic carbocycles. The summed E-state index contributed by atoms with van der Waals surface area (Å²) in [4.78, 5) is 14.4. The van der Waals surface area contributed by atoms with E-state index in [9.17, 15) is 4.79 Å². The molecule has 1 aromatic heterocycles. The smallest absolute Gasteiger partial charge is 0.219 e. The van der Waals surface area contributed by atoms with Crippen LogP contribution in [0.2, 0.25) is 5.02 Å². The molecule has 5 heteroatoms. The van der Waals surface area contributed by atoms with Gasteiger partial charge >= 0.3 is 0 Å². The second-order valence-corrected chi connectivity index (χ2v) is 6.19. The third-order valence-electron chi connectivity index (χ3n) is 3.27. The van der Waals surface area contributed by atoms with Crippen LogP contribution in [0.4, 0.5) is 5.69 Å². The lowest BCUT2D eigenvalue weighted by molar-refractivity contribution is -0.129. The molecule has 2 rings (SSSR count). The quantitative estimate of drug-likeness (QED) is 0.855. The first-order chi connectivity index (χ1) is 10.1. The molecule has 0 atom stereocenters. The number of nitrogens with one attached hydrogen (secondary N) is 1. The summed E-state index contributed by atoms with van der Waals surface area (Å²) in [7, 11) is 0. The van der Waals surface area contributed by atoms with Crippen molar-refractivity contribution in [3.63, 3.8) is 0 Å². The summed E-state index contributed by atoms with van der Waals surface area (Å²) in [6.07, 6.45) is 0. The lowest BCUT2D eigenvalue weighted by Crippen LogP contribution is -2.27. The zero-order valence-corrected chi connectivity index (χ0v) is 13.8. The zero-order chi connectivity index (χ0) is 15.2. The number of benzene rings is 1. The molecule has 0 aliphatic carbocycles. The van der Waals surface area contributed by atoms with Gasteiger partial charge in [0.25, 0.3) is 0 Å². The highest BCUT2D eigenvalue weighted by molar-refractivity contribution is 7.10. The molecule has 2 aromatic rings. The van der Waals surface area contributed by atoms with Crippen molar-refractivity contribution in [2.75, 3.05) is 11.9 Å². The summed E-state index contributed by atoms with van der Waals surface area (Å²) in [5.41, 5.74) is 2.16. The van der Waals surface area contributed by atoms with Gasteiger partial charge in [0.15, 0.2) is 0 Å². The monoisotopic (exact) mass is 322 g/mol. The Morgan fingerprint density at radius 3 is 2.81 bits per heavy atom. The summed E-state index contributed by atoms with van der Waals surface area (Å²) in [6, 6.07) is 10.0. The van der Waals surface area contributed by atoms with E-state index in [0.29, 0.717) is 13.1 Å². The summed E-state index contributed by atoms with van der Waals surface area (Å²) >= 11 is 7.73. The van der Waals surface area contributed by atoms with Crippen LogP contribution in [0, 0.1) is 0 Å². The number of halogens is 1. The fourth-order valence-corrected chi connectivity index (χ4v) is 3.12. The number of carbonyl (C=O) groups is 1. The van der Waals surface area contributed by atoms with Crippen molar-refractivity contribution in [2.24, 2.45) is 0 Å². The third-order valence-corrected chi connectivity index (χ3v) is 4.66. The van der Waals surface area contributed by atoms with Crippen LogP contribution in [0.25, 0.3) is 0 Å². The SMILES string of the molecule is CCN(Cc1cccc(NCc2sccc2Cl)c1)C(C)=O. The lowest BCUT2D eigenvalue weighted by Gasteiger charge is -2.19. The van der Waals surface area contributed by atoms with Crippen LogP contribution >= 0.6 is 22.9 Å². The normalized spacial score (nSPS) is 10.4. The van der Waals surface area contributed by atoms with Gasteiger partial charge in [-0.2, -0.15) is 0 Å². The largest absolute Gasteiger partial charge is 0.380 e. The number of thiophene rings is 1. The molecule has 0 radical (unpaired) electrons. The Kier molecular flexibility index (Phi) is 5.65. The van der Waals surface area contributed by atoms with E-state index in [-0.39, 0.29) is 5.91 Å². The Bertz CT molecular complexity index is 612. The third kappa shape index (κ3) is 4.48. The van der Waals surface area contributed by atoms with Gasteiger partial charge in [0.2, 0.25) is 5.91 Å². The molecular formula is C16H19ClN2OS. The number of nitrogens with zero attached hydrogens (tertiary/aromatic N) is 1. The number of anilines is 1. The highest BCUT2D eigenvalue weighted by Gasteiger charge is 2.07. The van der Waals surface area contributed by atoms with E-state index in [4.69, 9.17) is 11.6 Å². The van der Waals surface area contributed by atoms with Gasteiger partial charge < -0.3 is 10.2 Å². The number of hydrogen-bond donors (Lipinski definition) is 1. The molecule has 3 nitrogen and oxygen atoms in total. The molecule has 0 bridgehead atoms. The Labute approximate surface area is 134 Å². The van der Waals surface area contributed by atoms with Gasteiger partial charge in [-0.1, -0.05) is 23.7 Å². The maximum absolute atomic E-state index is 11.5. The summed E-state index contributed by atoms with van der Waals surface area (Å²) in [6.45, 7) is 5.66. The second-order valence-electron chi connectivity index (χ2n) is 4.78. The van der Waals surface area contributed by atoms with Gasteiger partial charge in [0.1, 0.15) is 0 Å². The minimum absolute atomic E-state index is 0.0984. The van der Waals surface area contributed by atoms with Crippen LogP contribution in [0.5, 0.6) is 0 Å². The molecule has 1 heterocycles. The van der Waals surface area contributed by atoms with E-state index in [1.165, 1.54) is 0 Å². The van der Waals surface area contributed by atoms with E-state index in [0.717, 1.165) is 27.7 Å². The molecule has 0 saturated heterocycles. The van der Waals surface area contributed by atoms with Crippen molar-refractivity contribution in [1.82, 2.24) is 4.90 Å². The Morgan fingerprint density at radius 1 is 1.38 bits per heavy atom. The van der Waals surface area contributed by atoms with Crippen LogP contribution in [-0.4, -0.2) is 17.4 Å². The first-order valence-electron chi connectivity index (χ1n) is 6.90. The topological polar surface area (TPSA) is 32.3 Å². The van der Waals surface area contributed by atoms with E-state index in [1.807, 2.05) is 41.5 Å². The lowest BCUT2D eigenvalue weighted by atomic mass is 10.2. The minimum atomic E-state index is 0.0984. The Balaban J connectivity index is 2.00. The predicted molar refractivity (Wildman–Crippen MR) is 89.9 cm³/mol. The van der Waals surface area contributed by atoms with Crippen molar-refractivity contribution in [3.05, 3.63) is 51.2 Å². The van der Waals surface area contributed by atoms with Gasteiger partial charge in [-0.15, -0.1) is 11.3 Å². The van der Waals surface area contributed by atoms with Gasteiger partial charge in [0.05, 0.1) is 11.6 Å². The van der Waals surface area contributed by atoms with Crippen molar-refractivity contribution in [1.29, 1.82) is 0 Å². The van der Waals surface area contributed by atoms with Crippen LogP contribution in [0.15, 0.2) is 35.7 Å². The number of rotatable bonds is 6. The predicted octanol–water partition coefficient (Wildman–Crippen LogP) is 4.38. The molecule has 0 aliphatic rings. The Hall–Kier alpha value is -1.52. The summed E-state index contributed by atoms with van der Waals surface area (Å²) < 4.78 is 0. The molecule has 112 valence electrons. The van der Waals surface area contributed by atoms with Gasteiger partial charge in [0, 0.05) is 30.6 Å². The molecule has 0 fully saturated rings.